The molecule has 11 heteroatoms. The number of phosphoric ester groups is 1. The van der Waals surface area contributed by atoms with Gasteiger partial charge in [-0.3, -0.25) is 18.6 Å². The van der Waals surface area contributed by atoms with Crippen LogP contribution in [0.5, 0.6) is 0 Å². The lowest BCUT2D eigenvalue weighted by molar-refractivity contribution is -0.161. The van der Waals surface area contributed by atoms with Gasteiger partial charge in [-0.1, -0.05) is 141 Å². The molecule has 0 bridgehead atoms. The highest BCUT2D eigenvalue weighted by Crippen LogP contribution is 2.43. The van der Waals surface area contributed by atoms with Gasteiger partial charge >= 0.3 is 19.8 Å². The van der Waals surface area contributed by atoms with E-state index in [1.54, 1.807) is 0 Å². The third-order valence-electron chi connectivity index (χ3n) is 9.08. The third-order valence-corrected chi connectivity index (χ3v) is 10.0. The molecule has 3 atom stereocenters. The predicted molar refractivity (Wildman–Crippen MR) is 215 cm³/mol. The molecule has 0 aliphatic rings. The fraction of sp³-hybridized carbons (Fsp3) is 0.857. The van der Waals surface area contributed by atoms with Crippen LogP contribution in [-0.4, -0.2) is 65.7 Å². The van der Waals surface area contributed by atoms with Crippen LogP contribution in [0.2, 0.25) is 0 Å². The number of ether oxygens (including phenoxy) is 2. The molecule has 0 amide bonds. The van der Waals surface area contributed by atoms with E-state index >= 15 is 0 Å². The van der Waals surface area contributed by atoms with Crippen molar-refractivity contribution >= 4 is 19.8 Å². The monoisotopic (exact) mass is 775 g/mol. The number of hydrogen-bond acceptors (Lipinski definition) is 9. The summed E-state index contributed by atoms with van der Waals surface area (Å²) in [7, 11) is -4.62. The van der Waals surface area contributed by atoms with Crippen LogP contribution in [-0.2, 0) is 32.7 Å². The maximum atomic E-state index is 12.6. The van der Waals surface area contributed by atoms with Crippen LogP contribution in [0.1, 0.15) is 194 Å². The fourth-order valence-corrected chi connectivity index (χ4v) is 6.54. The lowest BCUT2D eigenvalue weighted by atomic mass is 10.1. The summed E-state index contributed by atoms with van der Waals surface area (Å²) in [5, 5.41) is 18.3. The summed E-state index contributed by atoms with van der Waals surface area (Å²) in [6, 6.07) is 0. The number of carbonyl (C=O) groups is 2. The molecule has 0 aromatic heterocycles. The van der Waals surface area contributed by atoms with Crippen LogP contribution in [0, 0.1) is 0 Å². The molecule has 0 saturated heterocycles. The fourth-order valence-electron chi connectivity index (χ4n) is 5.75. The van der Waals surface area contributed by atoms with E-state index in [0.717, 1.165) is 70.6 Å². The summed E-state index contributed by atoms with van der Waals surface area (Å²) >= 11 is 0. The van der Waals surface area contributed by atoms with Crippen molar-refractivity contribution in [2.24, 2.45) is 0 Å². The zero-order valence-corrected chi connectivity index (χ0v) is 34.6. The molecule has 53 heavy (non-hydrogen) atoms. The highest BCUT2D eigenvalue weighted by Gasteiger charge is 2.27. The third kappa shape index (κ3) is 38.5. The molecule has 3 N–H and O–H groups in total. The van der Waals surface area contributed by atoms with Crippen LogP contribution in [0.25, 0.3) is 0 Å². The minimum atomic E-state index is -4.62. The number of esters is 2. The molecule has 0 radical (unpaired) electrons. The molecule has 0 spiro atoms. The van der Waals surface area contributed by atoms with Crippen LogP contribution in [0.4, 0.5) is 0 Å². The average molecular weight is 775 g/mol. The Bertz CT molecular complexity index is 941. The van der Waals surface area contributed by atoms with Gasteiger partial charge < -0.3 is 24.6 Å². The lowest BCUT2D eigenvalue weighted by Gasteiger charge is -2.20. The van der Waals surface area contributed by atoms with Gasteiger partial charge in [0.2, 0.25) is 0 Å². The highest BCUT2D eigenvalue weighted by atomic mass is 31.2. The molecule has 0 saturated carbocycles. The Labute approximate surface area is 323 Å². The van der Waals surface area contributed by atoms with E-state index in [4.69, 9.17) is 19.1 Å². The van der Waals surface area contributed by atoms with Gasteiger partial charge in [-0.15, -0.1) is 0 Å². The summed E-state index contributed by atoms with van der Waals surface area (Å²) < 4.78 is 32.7. The van der Waals surface area contributed by atoms with Crippen molar-refractivity contribution in [2.75, 3.05) is 26.4 Å². The van der Waals surface area contributed by atoms with Crippen LogP contribution < -0.4 is 0 Å². The maximum absolute atomic E-state index is 12.6. The number of carbonyl (C=O) groups excluding carboxylic acids is 2. The van der Waals surface area contributed by atoms with E-state index in [9.17, 15) is 24.2 Å². The van der Waals surface area contributed by atoms with Gasteiger partial charge in [0, 0.05) is 12.8 Å². The first-order valence-electron chi connectivity index (χ1n) is 21.3. The minimum Gasteiger partial charge on any atom is -0.462 e. The van der Waals surface area contributed by atoms with E-state index in [-0.39, 0.29) is 19.4 Å². The SMILES string of the molecule is CCCCCCCCC=CCCCCCCCC(=O)OC[C@H](COP(=O)(O)OC[C@@H](O)CO)OC(=O)CCCCCCCC=CCCCCCCCC. The molecule has 0 aromatic carbocycles. The van der Waals surface area contributed by atoms with Crippen LogP contribution in [0.15, 0.2) is 24.3 Å². The van der Waals surface area contributed by atoms with Gasteiger partial charge in [0.15, 0.2) is 6.10 Å². The Morgan fingerprint density at radius 1 is 0.547 bits per heavy atom. The first-order valence-corrected chi connectivity index (χ1v) is 22.8. The normalized spacial score (nSPS) is 14.1. The number of phosphoric acid groups is 1. The molecule has 0 aromatic rings. The number of hydrogen-bond donors (Lipinski definition) is 3. The average Bonchev–Trinajstić information content (AvgIpc) is 3.14. The molecule has 0 aliphatic heterocycles. The molecule has 0 rings (SSSR count). The zero-order valence-electron chi connectivity index (χ0n) is 33.7. The van der Waals surface area contributed by atoms with E-state index in [0.29, 0.717) is 12.8 Å². The van der Waals surface area contributed by atoms with E-state index in [1.807, 2.05) is 0 Å². The molecular formula is C42H79O10P. The Balaban J connectivity index is 4.33. The standard InChI is InChI=1S/C42H79O10P/c1-3-5-7-9-11-13-15-17-19-21-23-25-27-29-31-33-41(45)49-37-40(38-51-53(47,48)50-36-39(44)35-43)52-42(46)34-32-30-28-26-24-22-20-18-16-14-12-10-8-6-4-2/h17-20,39-40,43-44H,3-16,21-38H2,1-2H3,(H,47,48)/t39-,40+/m0/s1. The second kappa shape index (κ2) is 38.7. The molecule has 0 heterocycles. The van der Waals surface area contributed by atoms with Crippen LogP contribution >= 0.6 is 7.82 Å². The molecule has 0 fully saturated rings. The van der Waals surface area contributed by atoms with Crippen LogP contribution in [0.3, 0.4) is 0 Å². The quantitative estimate of drug-likeness (QED) is 0.0238. The Morgan fingerprint density at radius 2 is 0.925 bits per heavy atom. The minimum absolute atomic E-state index is 0.174. The van der Waals surface area contributed by atoms with Crippen molar-refractivity contribution in [3.63, 3.8) is 0 Å². The van der Waals surface area contributed by atoms with Gasteiger partial charge in [-0.05, 0) is 64.2 Å². The smallest absolute Gasteiger partial charge is 0.462 e. The summed E-state index contributed by atoms with van der Waals surface area (Å²) in [6.07, 6.45) is 37.1. The van der Waals surface area contributed by atoms with Gasteiger partial charge in [-0.2, -0.15) is 0 Å². The van der Waals surface area contributed by atoms with E-state index in [1.165, 1.54) is 83.5 Å². The topological polar surface area (TPSA) is 149 Å². The predicted octanol–water partition coefficient (Wildman–Crippen LogP) is 11.0. The Hall–Kier alpha value is -1.55. The molecule has 312 valence electrons. The summed E-state index contributed by atoms with van der Waals surface area (Å²) in [6.45, 7) is 2.36. The first kappa shape index (κ1) is 51.5. The van der Waals surface area contributed by atoms with Crippen molar-refractivity contribution in [3.05, 3.63) is 24.3 Å². The number of allylic oxidation sites excluding steroid dienone is 4. The largest absolute Gasteiger partial charge is 0.472 e. The van der Waals surface area contributed by atoms with E-state index < -0.39 is 51.8 Å². The van der Waals surface area contributed by atoms with Crippen molar-refractivity contribution in [1.29, 1.82) is 0 Å². The summed E-state index contributed by atoms with van der Waals surface area (Å²) in [4.78, 5) is 34.9. The molecule has 0 aliphatic carbocycles. The lowest BCUT2D eigenvalue weighted by Crippen LogP contribution is -2.29. The van der Waals surface area contributed by atoms with Crippen molar-refractivity contribution in [3.8, 4) is 0 Å². The zero-order chi connectivity index (χ0) is 39.1. The molecule has 10 nitrogen and oxygen atoms in total. The number of aliphatic hydroxyl groups excluding tert-OH is 2. The number of unbranched alkanes of at least 4 members (excludes halogenated alkanes) is 22. The van der Waals surface area contributed by atoms with Gasteiger partial charge in [0.25, 0.3) is 0 Å². The van der Waals surface area contributed by atoms with Gasteiger partial charge in [0.1, 0.15) is 12.7 Å². The van der Waals surface area contributed by atoms with Gasteiger partial charge in [0.05, 0.1) is 19.8 Å². The number of rotatable bonds is 40. The Kier molecular flexibility index (Phi) is 37.6. The molecule has 1 unspecified atom stereocenters. The number of aliphatic hydroxyl groups is 2. The van der Waals surface area contributed by atoms with Gasteiger partial charge in [-0.25, -0.2) is 4.57 Å². The summed E-state index contributed by atoms with van der Waals surface area (Å²) in [5.74, 6) is -0.940. The van der Waals surface area contributed by atoms with Crippen molar-refractivity contribution in [1.82, 2.24) is 0 Å². The maximum Gasteiger partial charge on any atom is 0.472 e. The Morgan fingerprint density at radius 3 is 1.36 bits per heavy atom. The second-order valence-corrected chi connectivity index (χ2v) is 15.8. The first-order chi connectivity index (χ1) is 25.7. The summed E-state index contributed by atoms with van der Waals surface area (Å²) in [5.41, 5.74) is 0. The van der Waals surface area contributed by atoms with E-state index in [2.05, 4.69) is 42.7 Å². The van der Waals surface area contributed by atoms with Crippen molar-refractivity contribution in [2.45, 2.75) is 206 Å². The van der Waals surface area contributed by atoms with Crippen molar-refractivity contribution < 1.29 is 47.8 Å². The highest BCUT2D eigenvalue weighted by molar-refractivity contribution is 7.47. The second-order valence-electron chi connectivity index (χ2n) is 14.4. The molecular weight excluding hydrogens is 695 g/mol.